The molecule has 0 N–H and O–H groups in total. The third kappa shape index (κ3) is 7.05. The number of benzene rings is 9. The molecule has 13 rings (SSSR count). The summed E-state index contributed by atoms with van der Waals surface area (Å²) in [6.07, 6.45) is 19.4. The molecule has 0 saturated heterocycles. The van der Waals surface area contributed by atoms with Gasteiger partial charge in [0.15, 0.2) is 11.3 Å². The molecule has 0 unspecified atom stereocenters. The normalized spacial score (nSPS) is 19.4. The molecule has 0 bridgehead atoms. The van der Waals surface area contributed by atoms with Gasteiger partial charge in [-0.25, -0.2) is 0 Å². The smallest absolute Gasteiger partial charge is 0.160 e. The Morgan fingerprint density at radius 2 is 0.583 bits per heavy atom. The lowest BCUT2D eigenvalue weighted by Gasteiger charge is -2.45. The molecule has 4 nitrogen and oxygen atoms in total. The molecule has 2 aliphatic carbocycles. The number of para-hydroxylation sites is 4. The standard InChI is InChI=1S/C68H54N4/c1-49-33-35-63-59(45-49)61-47-66-62(48-65(61)71(63)67(41-37-53(38-42-67)51-21-9-3-10-22-51)69(55-25-13-5-14-26-55)56-27-15-6-16-28-56)60-46-50(2)34-36-64(60)72(66)68(43-39-54(40-44-68)52-23-11-4-12-24-52)70(57-29-17-7-18-30-57)58-31-19-8-20-32-58/h3-48,53-54H,1-2H3. The van der Waals surface area contributed by atoms with Crippen LogP contribution in [0.3, 0.4) is 0 Å². The average Bonchev–Trinajstić information content (AvgIpc) is 3.94. The first kappa shape index (κ1) is 43.2. The van der Waals surface area contributed by atoms with E-state index < -0.39 is 11.3 Å². The molecular weight excluding hydrogens is 873 g/mol. The molecule has 0 radical (unpaired) electrons. The lowest BCUT2D eigenvalue weighted by Crippen LogP contribution is -2.46. The van der Waals surface area contributed by atoms with E-state index in [-0.39, 0.29) is 11.8 Å². The topological polar surface area (TPSA) is 16.3 Å². The maximum Gasteiger partial charge on any atom is 0.160 e. The number of allylic oxidation sites excluding steroid dienone is 4. The molecule has 11 aromatic rings. The first-order valence-corrected chi connectivity index (χ1v) is 25.2. The summed E-state index contributed by atoms with van der Waals surface area (Å²) in [5.74, 6) is 0.226. The molecular formula is C68H54N4. The zero-order valence-electron chi connectivity index (χ0n) is 40.5. The highest BCUT2D eigenvalue weighted by atomic mass is 15.4. The summed E-state index contributed by atoms with van der Waals surface area (Å²) in [7, 11) is 0. The fourth-order valence-electron chi connectivity index (χ4n) is 11.8. The summed E-state index contributed by atoms with van der Waals surface area (Å²) >= 11 is 0. The van der Waals surface area contributed by atoms with Crippen molar-refractivity contribution in [3.63, 3.8) is 0 Å². The van der Waals surface area contributed by atoms with Crippen molar-refractivity contribution in [2.75, 3.05) is 9.80 Å². The van der Waals surface area contributed by atoms with Gasteiger partial charge in [0.1, 0.15) is 0 Å². The quantitative estimate of drug-likeness (QED) is 0.127. The van der Waals surface area contributed by atoms with Crippen LogP contribution in [0.15, 0.2) is 279 Å². The van der Waals surface area contributed by atoms with Gasteiger partial charge in [0, 0.05) is 56.1 Å². The Balaban J connectivity index is 1.14. The van der Waals surface area contributed by atoms with Crippen LogP contribution in [0.25, 0.3) is 43.6 Å². The van der Waals surface area contributed by atoms with Crippen LogP contribution in [0.1, 0.15) is 34.1 Å². The summed E-state index contributed by atoms with van der Waals surface area (Å²) in [5, 5.41) is 4.81. The molecule has 0 aliphatic heterocycles. The molecule has 0 amide bonds. The summed E-state index contributed by atoms with van der Waals surface area (Å²) in [5.41, 5.74) is 12.4. The molecule has 346 valence electrons. The fraction of sp³-hybridized carbons (Fsp3) is 0.0882. The second-order valence-corrected chi connectivity index (χ2v) is 19.5. The summed E-state index contributed by atoms with van der Waals surface area (Å²) in [6.45, 7) is 4.43. The summed E-state index contributed by atoms with van der Waals surface area (Å²) in [4.78, 5) is 5.04. The van der Waals surface area contributed by atoms with Gasteiger partial charge in [0.2, 0.25) is 0 Å². The van der Waals surface area contributed by atoms with Crippen LogP contribution in [0.2, 0.25) is 0 Å². The van der Waals surface area contributed by atoms with Crippen LogP contribution >= 0.6 is 0 Å². The Kier molecular flexibility index (Phi) is 10.5. The number of hydrogen-bond acceptors (Lipinski definition) is 2. The third-order valence-electron chi connectivity index (χ3n) is 15.0. The Bertz CT molecular complexity index is 3520. The largest absolute Gasteiger partial charge is 0.311 e. The van der Waals surface area contributed by atoms with E-state index in [2.05, 4.69) is 312 Å². The highest BCUT2D eigenvalue weighted by Gasteiger charge is 2.42. The van der Waals surface area contributed by atoms with Crippen molar-refractivity contribution in [3.8, 4) is 0 Å². The van der Waals surface area contributed by atoms with Gasteiger partial charge in [-0.1, -0.05) is 181 Å². The number of anilines is 4. The number of aryl methyl sites for hydroxylation is 2. The van der Waals surface area contributed by atoms with Crippen molar-refractivity contribution in [2.45, 2.75) is 37.0 Å². The van der Waals surface area contributed by atoms with Crippen molar-refractivity contribution in [1.29, 1.82) is 0 Å². The zero-order valence-corrected chi connectivity index (χ0v) is 40.5. The molecule has 0 atom stereocenters. The minimum absolute atomic E-state index is 0.113. The number of nitrogens with zero attached hydrogens (tertiary/aromatic N) is 4. The van der Waals surface area contributed by atoms with Crippen LogP contribution in [0, 0.1) is 13.8 Å². The van der Waals surface area contributed by atoms with Gasteiger partial charge in [-0.3, -0.25) is 0 Å². The third-order valence-corrected chi connectivity index (χ3v) is 15.0. The van der Waals surface area contributed by atoms with Gasteiger partial charge in [-0.15, -0.1) is 0 Å². The van der Waals surface area contributed by atoms with Crippen LogP contribution in [0.5, 0.6) is 0 Å². The highest BCUT2D eigenvalue weighted by Crippen LogP contribution is 2.50. The van der Waals surface area contributed by atoms with Crippen molar-refractivity contribution < 1.29 is 0 Å². The lowest BCUT2D eigenvalue weighted by molar-refractivity contribution is 0.493. The van der Waals surface area contributed by atoms with E-state index in [1.165, 1.54) is 43.8 Å². The minimum atomic E-state index is -0.814. The number of aromatic nitrogens is 2. The molecule has 0 saturated carbocycles. The van der Waals surface area contributed by atoms with Gasteiger partial charge < -0.3 is 18.9 Å². The molecule has 9 aromatic carbocycles. The first-order chi connectivity index (χ1) is 35.5. The van der Waals surface area contributed by atoms with E-state index >= 15 is 0 Å². The molecule has 2 aromatic heterocycles. The van der Waals surface area contributed by atoms with Crippen molar-refractivity contribution in [3.05, 3.63) is 301 Å². The summed E-state index contributed by atoms with van der Waals surface area (Å²) in [6, 6.07) is 84.3. The Hall–Kier alpha value is -8.86. The first-order valence-electron chi connectivity index (χ1n) is 25.2. The van der Waals surface area contributed by atoms with Gasteiger partial charge in [0.25, 0.3) is 0 Å². The average molecular weight is 927 g/mol. The fourth-order valence-corrected chi connectivity index (χ4v) is 11.8. The molecule has 0 fully saturated rings. The van der Waals surface area contributed by atoms with Crippen LogP contribution in [0.4, 0.5) is 22.7 Å². The predicted molar refractivity (Wildman–Crippen MR) is 303 cm³/mol. The minimum Gasteiger partial charge on any atom is -0.311 e. The highest BCUT2D eigenvalue weighted by molar-refractivity contribution is 6.18. The molecule has 0 spiro atoms. The molecule has 2 heterocycles. The predicted octanol–water partition coefficient (Wildman–Crippen LogP) is 17.3. The molecule has 2 aliphatic rings. The Morgan fingerprint density at radius 1 is 0.306 bits per heavy atom. The van der Waals surface area contributed by atoms with E-state index in [1.807, 2.05) is 0 Å². The van der Waals surface area contributed by atoms with E-state index in [4.69, 9.17) is 0 Å². The SMILES string of the molecule is Cc1ccc2c(c1)c1cc3c(cc1n2C1(N(c2ccccc2)c2ccccc2)C=CC(c2ccccc2)C=C1)c1cc(C)ccc1n3C1(N(c2ccccc2)c2ccccc2)C=CC(c2ccccc2)C=C1. The van der Waals surface area contributed by atoms with E-state index in [0.29, 0.717) is 0 Å². The number of fused-ring (bicyclic) bond motifs is 6. The van der Waals surface area contributed by atoms with Gasteiger partial charge in [-0.05, 0) is 134 Å². The maximum atomic E-state index is 2.62. The number of rotatable bonds is 10. The van der Waals surface area contributed by atoms with E-state index in [9.17, 15) is 0 Å². The van der Waals surface area contributed by atoms with E-state index in [0.717, 1.165) is 44.8 Å². The number of hydrogen-bond donors (Lipinski definition) is 0. The van der Waals surface area contributed by atoms with Gasteiger partial charge in [0.05, 0.1) is 22.1 Å². The van der Waals surface area contributed by atoms with Crippen LogP contribution < -0.4 is 9.80 Å². The second kappa shape index (κ2) is 17.5. The van der Waals surface area contributed by atoms with Crippen LogP contribution in [-0.2, 0) is 11.3 Å². The van der Waals surface area contributed by atoms with E-state index in [1.54, 1.807) is 0 Å². The second-order valence-electron chi connectivity index (χ2n) is 19.5. The van der Waals surface area contributed by atoms with Gasteiger partial charge >= 0.3 is 0 Å². The monoisotopic (exact) mass is 926 g/mol. The van der Waals surface area contributed by atoms with Crippen LogP contribution in [-0.4, -0.2) is 9.13 Å². The van der Waals surface area contributed by atoms with Crippen molar-refractivity contribution in [2.24, 2.45) is 0 Å². The zero-order chi connectivity index (χ0) is 48.2. The molecule has 4 heteroatoms. The lowest BCUT2D eigenvalue weighted by atomic mass is 9.88. The Morgan fingerprint density at radius 3 is 0.889 bits per heavy atom. The summed E-state index contributed by atoms with van der Waals surface area (Å²) < 4.78 is 5.23. The Labute approximate surface area is 421 Å². The van der Waals surface area contributed by atoms with Crippen molar-refractivity contribution >= 4 is 66.4 Å². The molecule has 72 heavy (non-hydrogen) atoms. The van der Waals surface area contributed by atoms with Crippen molar-refractivity contribution in [1.82, 2.24) is 9.13 Å². The van der Waals surface area contributed by atoms with Gasteiger partial charge in [-0.2, -0.15) is 0 Å². The maximum absolute atomic E-state index is 2.62.